The number of benzene rings is 1. The van der Waals surface area contributed by atoms with Crippen LogP contribution in [0.25, 0.3) is 0 Å². The van der Waals surface area contributed by atoms with Crippen LogP contribution in [0.2, 0.25) is 0 Å². The lowest BCUT2D eigenvalue weighted by molar-refractivity contribution is -0.269. The summed E-state index contributed by atoms with van der Waals surface area (Å²) in [4.78, 5) is 11.3. The number of rotatable bonds is 6. The van der Waals surface area contributed by atoms with Gasteiger partial charge in [0.15, 0.2) is 6.29 Å². The van der Waals surface area contributed by atoms with Gasteiger partial charge >= 0.3 is 0 Å². The molecule has 1 fully saturated rings. The fourth-order valence-electron chi connectivity index (χ4n) is 2.70. The molecule has 1 aliphatic heterocycles. The third-order valence-corrected chi connectivity index (χ3v) is 3.77. The summed E-state index contributed by atoms with van der Waals surface area (Å²) in [5.41, 5.74) is 0.959. The first-order valence-corrected chi connectivity index (χ1v) is 7.46. The number of ether oxygens (including phenoxy) is 3. The van der Waals surface area contributed by atoms with Crippen molar-refractivity contribution in [3.05, 3.63) is 35.9 Å². The molecule has 7 heteroatoms. The molecular weight excluding hydrogens is 302 g/mol. The van der Waals surface area contributed by atoms with Crippen LogP contribution >= 0.6 is 0 Å². The number of hydrogen-bond acceptors (Lipinski definition) is 6. The zero-order chi connectivity index (χ0) is 16.8. The van der Waals surface area contributed by atoms with Crippen molar-refractivity contribution in [2.45, 2.75) is 44.2 Å². The monoisotopic (exact) mass is 325 g/mol. The molecule has 1 aromatic rings. The van der Waals surface area contributed by atoms with Crippen LogP contribution in [0, 0.1) is 0 Å². The minimum Gasteiger partial charge on any atom is -0.394 e. The molecule has 0 aromatic heterocycles. The highest BCUT2D eigenvalue weighted by atomic mass is 16.6. The van der Waals surface area contributed by atoms with Crippen molar-refractivity contribution in [1.82, 2.24) is 5.32 Å². The van der Waals surface area contributed by atoms with Crippen LogP contribution in [-0.4, -0.2) is 60.5 Å². The van der Waals surface area contributed by atoms with E-state index in [0.29, 0.717) is 6.61 Å². The second-order valence-corrected chi connectivity index (χ2v) is 5.44. The maximum atomic E-state index is 11.3. The summed E-state index contributed by atoms with van der Waals surface area (Å²) >= 11 is 0. The van der Waals surface area contributed by atoms with Gasteiger partial charge in [0, 0.05) is 14.0 Å². The van der Waals surface area contributed by atoms with Crippen molar-refractivity contribution in [2.24, 2.45) is 0 Å². The largest absolute Gasteiger partial charge is 0.394 e. The molecular formula is C16H23NO6. The third-order valence-electron chi connectivity index (χ3n) is 3.77. The van der Waals surface area contributed by atoms with E-state index in [0.717, 1.165) is 5.56 Å². The molecule has 1 aromatic carbocycles. The Morgan fingerprint density at radius 2 is 2.00 bits per heavy atom. The number of nitrogens with one attached hydrogen (secondary N) is 1. The molecule has 1 aliphatic rings. The highest BCUT2D eigenvalue weighted by molar-refractivity contribution is 5.73. The molecule has 1 amide bonds. The van der Waals surface area contributed by atoms with Gasteiger partial charge in [-0.1, -0.05) is 30.3 Å². The lowest BCUT2D eigenvalue weighted by atomic mass is 9.96. The molecule has 0 aliphatic carbocycles. The van der Waals surface area contributed by atoms with Crippen LogP contribution in [0.4, 0.5) is 0 Å². The van der Waals surface area contributed by atoms with Crippen molar-refractivity contribution in [2.75, 3.05) is 13.7 Å². The molecule has 0 unspecified atom stereocenters. The molecule has 1 saturated heterocycles. The van der Waals surface area contributed by atoms with E-state index in [4.69, 9.17) is 14.2 Å². The van der Waals surface area contributed by atoms with E-state index in [1.807, 2.05) is 30.3 Å². The topological polar surface area (TPSA) is 97.3 Å². The van der Waals surface area contributed by atoms with Crippen molar-refractivity contribution in [1.29, 1.82) is 0 Å². The van der Waals surface area contributed by atoms with E-state index < -0.39 is 30.6 Å². The molecule has 0 bridgehead atoms. The van der Waals surface area contributed by atoms with E-state index in [1.165, 1.54) is 14.0 Å². The summed E-state index contributed by atoms with van der Waals surface area (Å²) in [6.45, 7) is 1.31. The van der Waals surface area contributed by atoms with Crippen molar-refractivity contribution >= 4 is 5.91 Å². The van der Waals surface area contributed by atoms with E-state index >= 15 is 0 Å². The molecule has 23 heavy (non-hydrogen) atoms. The molecule has 5 atom stereocenters. The van der Waals surface area contributed by atoms with Gasteiger partial charge in [0.1, 0.15) is 24.4 Å². The van der Waals surface area contributed by atoms with E-state index in [1.54, 1.807) is 0 Å². The van der Waals surface area contributed by atoms with Gasteiger partial charge in [-0.05, 0) is 5.56 Å². The highest BCUT2D eigenvalue weighted by Gasteiger charge is 2.46. The van der Waals surface area contributed by atoms with Crippen LogP contribution in [0.5, 0.6) is 0 Å². The van der Waals surface area contributed by atoms with Gasteiger partial charge in [0.25, 0.3) is 0 Å². The molecule has 0 radical (unpaired) electrons. The van der Waals surface area contributed by atoms with Crippen LogP contribution in [-0.2, 0) is 25.6 Å². The van der Waals surface area contributed by atoms with Crippen LogP contribution in [0.3, 0.4) is 0 Å². The van der Waals surface area contributed by atoms with Gasteiger partial charge in [0.05, 0.1) is 13.2 Å². The summed E-state index contributed by atoms with van der Waals surface area (Å²) in [5, 5.41) is 22.1. The van der Waals surface area contributed by atoms with Crippen LogP contribution in [0.15, 0.2) is 30.3 Å². The molecule has 128 valence electrons. The first-order valence-electron chi connectivity index (χ1n) is 7.46. The van der Waals surface area contributed by atoms with E-state index in [9.17, 15) is 15.0 Å². The Morgan fingerprint density at radius 3 is 2.57 bits per heavy atom. The fourth-order valence-corrected chi connectivity index (χ4v) is 2.70. The second-order valence-electron chi connectivity index (χ2n) is 5.44. The molecule has 0 spiro atoms. The van der Waals surface area contributed by atoms with Crippen molar-refractivity contribution in [3.8, 4) is 0 Å². The average Bonchev–Trinajstić information content (AvgIpc) is 2.55. The second kappa shape index (κ2) is 8.37. The van der Waals surface area contributed by atoms with Gasteiger partial charge in [0.2, 0.25) is 5.91 Å². The lowest BCUT2D eigenvalue weighted by Gasteiger charge is -2.43. The van der Waals surface area contributed by atoms with Gasteiger partial charge in [-0.2, -0.15) is 0 Å². The number of methoxy groups -OCH3 is 1. The Kier molecular flexibility index (Phi) is 6.49. The summed E-state index contributed by atoms with van der Waals surface area (Å²) in [6, 6.07) is 8.76. The fraction of sp³-hybridized carbons (Fsp3) is 0.562. The number of hydrogen-bond donors (Lipinski definition) is 3. The number of aliphatic hydroxyl groups is 2. The van der Waals surface area contributed by atoms with Crippen LogP contribution < -0.4 is 5.32 Å². The van der Waals surface area contributed by atoms with Gasteiger partial charge in [-0.3, -0.25) is 4.79 Å². The Hall–Kier alpha value is -1.51. The van der Waals surface area contributed by atoms with Gasteiger partial charge < -0.3 is 29.7 Å². The Bertz CT molecular complexity index is 497. The first-order chi connectivity index (χ1) is 11.1. The number of carbonyl (C=O) groups is 1. The zero-order valence-corrected chi connectivity index (χ0v) is 13.2. The van der Waals surface area contributed by atoms with Crippen molar-refractivity contribution in [3.63, 3.8) is 0 Å². The number of carbonyl (C=O) groups excluding carboxylic acids is 1. The van der Waals surface area contributed by atoms with Crippen LogP contribution in [0.1, 0.15) is 12.5 Å². The summed E-state index contributed by atoms with van der Waals surface area (Å²) in [5.74, 6) is -0.316. The SMILES string of the molecule is CO[C@H]1[C@@H](NC(C)=O)[C@@H](O)O[C@@H](CO)[C@H]1OCc1ccccc1. The number of amides is 1. The molecule has 0 saturated carbocycles. The number of aliphatic hydroxyl groups excluding tert-OH is 2. The predicted octanol–water partition coefficient (Wildman–Crippen LogP) is -0.199. The Labute approximate surface area is 135 Å². The summed E-state index contributed by atoms with van der Waals surface area (Å²) in [6.07, 6.45) is -3.31. The maximum absolute atomic E-state index is 11.3. The summed E-state index contributed by atoms with van der Waals surface area (Å²) < 4.78 is 16.6. The standard InChI is InChI=1S/C16H23NO6/c1-10(19)17-13-15(21-2)14(12(8-18)23-16(13)20)22-9-11-6-4-3-5-7-11/h3-7,12-16,18,20H,8-9H2,1-2H3,(H,17,19)/t12-,13+,14+,15-,16-/m0/s1. The predicted molar refractivity (Wildman–Crippen MR) is 81.4 cm³/mol. The van der Waals surface area contributed by atoms with E-state index in [2.05, 4.69) is 5.32 Å². The van der Waals surface area contributed by atoms with E-state index in [-0.39, 0.29) is 12.5 Å². The van der Waals surface area contributed by atoms with Crippen molar-refractivity contribution < 1.29 is 29.2 Å². The Balaban J connectivity index is 2.12. The normalized spacial score (nSPS) is 30.9. The molecule has 1 heterocycles. The first kappa shape index (κ1) is 17.8. The van der Waals surface area contributed by atoms with Gasteiger partial charge in [-0.15, -0.1) is 0 Å². The molecule has 2 rings (SSSR count). The third kappa shape index (κ3) is 4.49. The minimum atomic E-state index is -1.28. The highest BCUT2D eigenvalue weighted by Crippen LogP contribution is 2.25. The smallest absolute Gasteiger partial charge is 0.217 e. The lowest BCUT2D eigenvalue weighted by Crippen LogP contribution is -2.65. The summed E-state index contributed by atoms with van der Waals surface area (Å²) in [7, 11) is 1.46. The average molecular weight is 325 g/mol. The van der Waals surface area contributed by atoms with Gasteiger partial charge in [-0.25, -0.2) is 0 Å². The minimum absolute atomic E-state index is 0.300. The maximum Gasteiger partial charge on any atom is 0.217 e. The zero-order valence-electron chi connectivity index (χ0n) is 13.2. The quantitative estimate of drug-likeness (QED) is 0.670. The molecule has 7 nitrogen and oxygen atoms in total. The Morgan fingerprint density at radius 1 is 1.30 bits per heavy atom. The molecule has 3 N–H and O–H groups in total.